The van der Waals surface area contributed by atoms with Crippen molar-refractivity contribution >= 4 is 11.9 Å². The number of aliphatic hydroxyl groups excluding tert-OH is 1. The minimum Gasteiger partial charge on any atom is -0.481 e. The van der Waals surface area contributed by atoms with Crippen LogP contribution >= 0.6 is 0 Å². The summed E-state index contributed by atoms with van der Waals surface area (Å²) in [6.45, 7) is 2.18. The minimum atomic E-state index is -0.898. The largest absolute Gasteiger partial charge is 0.481 e. The van der Waals surface area contributed by atoms with Crippen LogP contribution in [0, 0.1) is 11.3 Å². The van der Waals surface area contributed by atoms with Crippen LogP contribution in [0.15, 0.2) is 0 Å². The molecule has 0 aromatic heterocycles. The van der Waals surface area contributed by atoms with E-state index in [1.54, 1.807) is 0 Å². The van der Waals surface area contributed by atoms with Crippen LogP contribution < -0.4 is 5.32 Å². The molecule has 1 rings (SSSR count). The normalized spacial score (nSPS) is 27.8. The minimum absolute atomic E-state index is 0.0266. The first-order valence-corrected chi connectivity index (χ1v) is 6.65. The Hall–Kier alpha value is -1.10. The highest BCUT2D eigenvalue weighted by atomic mass is 16.4. The molecule has 1 aliphatic rings. The molecule has 3 N–H and O–H groups in total. The van der Waals surface area contributed by atoms with Crippen LogP contribution in [0.2, 0.25) is 0 Å². The van der Waals surface area contributed by atoms with E-state index in [9.17, 15) is 14.7 Å². The van der Waals surface area contributed by atoms with Gasteiger partial charge >= 0.3 is 5.97 Å². The van der Waals surface area contributed by atoms with Crippen LogP contribution in [0.25, 0.3) is 0 Å². The maximum absolute atomic E-state index is 11.6. The molecule has 18 heavy (non-hydrogen) atoms. The van der Waals surface area contributed by atoms with Crippen molar-refractivity contribution in [2.75, 3.05) is 13.2 Å². The zero-order valence-electron chi connectivity index (χ0n) is 10.9. The Kier molecular flexibility index (Phi) is 5.59. The van der Waals surface area contributed by atoms with Gasteiger partial charge in [0.15, 0.2) is 0 Å². The molecule has 0 aromatic rings. The molecule has 104 valence electrons. The Bertz CT molecular complexity index is 295. The molecule has 0 radical (unpaired) electrons. The average molecular weight is 257 g/mol. The maximum Gasteiger partial charge on any atom is 0.310 e. The maximum atomic E-state index is 11.6. The van der Waals surface area contributed by atoms with Crippen molar-refractivity contribution in [2.24, 2.45) is 11.3 Å². The molecule has 0 heterocycles. The van der Waals surface area contributed by atoms with E-state index in [4.69, 9.17) is 5.11 Å². The summed E-state index contributed by atoms with van der Waals surface area (Å²) in [7, 11) is 0. The molecule has 0 bridgehead atoms. The van der Waals surface area contributed by atoms with Gasteiger partial charge in [0.25, 0.3) is 0 Å². The summed E-state index contributed by atoms with van der Waals surface area (Å²) in [5.74, 6) is -0.546. The molecule has 1 saturated carbocycles. The number of carboxylic acid groups (broad SMARTS) is 1. The van der Waals surface area contributed by atoms with Crippen LogP contribution in [0.3, 0.4) is 0 Å². The van der Waals surface area contributed by atoms with Gasteiger partial charge in [-0.3, -0.25) is 9.59 Å². The van der Waals surface area contributed by atoms with Gasteiger partial charge < -0.3 is 15.5 Å². The topological polar surface area (TPSA) is 86.6 Å². The summed E-state index contributed by atoms with van der Waals surface area (Å²) >= 11 is 0. The SMILES string of the molecule is CCC1CCC(CC(=O)NCCO)(C(=O)O)CC1. The third-order valence-electron chi connectivity index (χ3n) is 4.03. The first-order chi connectivity index (χ1) is 8.54. The van der Waals surface area contributed by atoms with Crippen molar-refractivity contribution in [1.82, 2.24) is 5.32 Å². The van der Waals surface area contributed by atoms with Gasteiger partial charge in [-0.25, -0.2) is 0 Å². The molecule has 0 aliphatic heterocycles. The predicted octanol–water partition coefficient (Wildman–Crippen LogP) is 1.16. The highest BCUT2D eigenvalue weighted by Gasteiger charge is 2.43. The van der Waals surface area contributed by atoms with Gasteiger partial charge in [0.1, 0.15) is 0 Å². The second-order valence-corrected chi connectivity index (χ2v) is 5.19. The molecule has 0 spiro atoms. The van der Waals surface area contributed by atoms with Crippen LogP contribution in [0.4, 0.5) is 0 Å². The first kappa shape index (κ1) is 15.0. The molecule has 0 atom stereocenters. The monoisotopic (exact) mass is 257 g/mol. The number of carbonyl (C=O) groups excluding carboxylic acids is 1. The molecule has 0 aromatic carbocycles. The third-order valence-corrected chi connectivity index (χ3v) is 4.03. The van der Waals surface area contributed by atoms with Gasteiger partial charge in [-0.15, -0.1) is 0 Å². The zero-order chi connectivity index (χ0) is 13.6. The number of amides is 1. The fraction of sp³-hybridized carbons (Fsp3) is 0.846. The van der Waals surface area contributed by atoms with Crippen molar-refractivity contribution in [3.05, 3.63) is 0 Å². The second-order valence-electron chi connectivity index (χ2n) is 5.19. The highest BCUT2D eigenvalue weighted by Crippen LogP contribution is 2.42. The molecule has 1 fully saturated rings. The van der Waals surface area contributed by atoms with E-state index in [2.05, 4.69) is 12.2 Å². The van der Waals surface area contributed by atoms with Crippen molar-refractivity contribution < 1.29 is 19.8 Å². The number of carbonyl (C=O) groups is 2. The lowest BCUT2D eigenvalue weighted by molar-refractivity contribution is -0.154. The Balaban J connectivity index is 2.60. The van der Waals surface area contributed by atoms with E-state index in [0.29, 0.717) is 18.8 Å². The number of aliphatic carboxylic acids is 1. The number of nitrogens with one attached hydrogen (secondary N) is 1. The van der Waals surface area contributed by atoms with Gasteiger partial charge in [0.2, 0.25) is 5.91 Å². The fourth-order valence-electron chi connectivity index (χ4n) is 2.67. The molecular formula is C13H23NO4. The van der Waals surface area contributed by atoms with Crippen molar-refractivity contribution in [3.63, 3.8) is 0 Å². The number of aliphatic hydroxyl groups is 1. The molecule has 5 heteroatoms. The van der Waals surface area contributed by atoms with Crippen LogP contribution in [-0.4, -0.2) is 35.2 Å². The lowest BCUT2D eigenvalue weighted by atomic mass is 9.68. The van der Waals surface area contributed by atoms with Gasteiger partial charge in [0.05, 0.1) is 12.0 Å². The first-order valence-electron chi connectivity index (χ1n) is 6.65. The van der Waals surface area contributed by atoms with Gasteiger partial charge in [0, 0.05) is 13.0 Å². The van der Waals surface area contributed by atoms with E-state index < -0.39 is 11.4 Å². The lowest BCUT2D eigenvalue weighted by Crippen LogP contribution is -2.41. The van der Waals surface area contributed by atoms with E-state index in [1.807, 2.05) is 0 Å². The standard InChI is InChI=1S/C13H23NO4/c1-2-10-3-5-13(6-4-10,12(17)18)9-11(16)14-7-8-15/h10,15H,2-9H2,1H3,(H,14,16)(H,17,18). The molecule has 1 aliphatic carbocycles. The summed E-state index contributed by atoms with van der Waals surface area (Å²) in [4.78, 5) is 23.1. The van der Waals surface area contributed by atoms with E-state index in [0.717, 1.165) is 19.3 Å². The molecule has 1 amide bonds. The van der Waals surface area contributed by atoms with Crippen LogP contribution in [-0.2, 0) is 9.59 Å². The van der Waals surface area contributed by atoms with E-state index in [1.165, 1.54) is 0 Å². The average Bonchev–Trinajstić information content (AvgIpc) is 2.37. The quantitative estimate of drug-likeness (QED) is 0.666. The Labute approximate surface area is 108 Å². The summed E-state index contributed by atoms with van der Waals surface area (Å²) in [5.41, 5.74) is -0.898. The predicted molar refractivity (Wildman–Crippen MR) is 67.0 cm³/mol. The zero-order valence-corrected chi connectivity index (χ0v) is 10.9. The second kappa shape index (κ2) is 6.73. The van der Waals surface area contributed by atoms with Crippen LogP contribution in [0.5, 0.6) is 0 Å². The molecule has 0 saturated heterocycles. The summed E-state index contributed by atoms with van der Waals surface area (Å²) in [6, 6.07) is 0. The van der Waals surface area contributed by atoms with Crippen molar-refractivity contribution in [2.45, 2.75) is 45.4 Å². The lowest BCUT2D eigenvalue weighted by Gasteiger charge is -2.36. The number of hydrogen-bond acceptors (Lipinski definition) is 3. The summed E-state index contributed by atoms with van der Waals surface area (Å²) in [5, 5.41) is 20.6. The Morgan fingerprint density at radius 2 is 1.94 bits per heavy atom. The number of rotatable bonds is 6. The molecular weight excluding hydrogens is 234 g/mol. The van der Waals surface area contributed by atoms with Crippen molar-refractivity contribution in [1.29, 1.82) is 0 Å². The van der Waals surface area contributed by atoms with Crippen LogP contribution in [0.1, 0.15) is 45.4 Å². The highest BCUT2D eigenvalue weighted by molar-refractivity contribution is 5.85. The number of hydrogen-bond donors (Lipinski definition) is 3. The number of carboxylic acids is 1. The summed E-state index contributed by atoms with van der Waals surface area (Å²) < 4.78 is 0. The Morgan fingerprint density at radius 1 is 1.33 bits per heavy atom. The smallest absolute Gasteiger partial charge is 0.310 e. The van der Waals surface area contributed by atoms with Crippen molar-refractivity contribution in [3.8, 4) is 0 Å². The van der Waals surface area contributed by atoms with E-state index >= 15 is 0 Å². The summed E-state index contributed by atoms with van der Waals surface area (Å²) in [6.07, 6.45) is 4.03. The van der Waals surface area contributed by atoms with Gasteiger partial charge in [-0.1, -0.05) is 13.3 Å². The van der Waals surface area contributed by atoms with E-state index in [-0.39, 0.29) is 25.5 Å². The van der Waals surface area contributed by atoms with Gasteiger partial charge in [-0.2, -0.15) is 0 Å². The Morgan fingerprint density at radius 3 is 2.39 bits per heavy atom. The third kappa shape index (κ3) is 3.70. The molecule has 5 nitrogen and oxygen atoms in total. The molecule has 0 unspecified atom stereocenters. The fourth-order valence-corrected chi connectivity index (χ4v) is 2.67. The van der Waals surface area contributed by atoms with Gasteiger partial charge in [-0.05, 0) is 31.6 Å².